The van der Waals surface area contributed by atoms with E-state index in [2.05, 4.69) is 26.8 Å². The van der Waals surface area contributed by atoms with Gasteiger partial charge in [-0.25, -0.2) is 9.97 Å². The van der Waals surface area contributed by atoms with Crippen LogP contribution in [0.1, 0.15) is 12.0 Å². The Labute approximate surface area is 166 Å². The van der Waals surface area contributed by atoms with Crippen LogP contribution in [0.5, 0.6) is 0 Å². The molecule has 0 bridgehead atoms. The molecular formula is C20H16ClN5O2. The number of aliphatic hydroxyl groups is 1. The molecule has 0 radical (unpaired) electrons. The molecule has 1 aliphatic rings. The Morgan fingerprint density at radius 1 is 1.32 bits per heavy atom. The molecule has 0 unspecified atom stereocenters. The molecule has 7 nitrogen and oxygen atoms in total. The van der Waals surface area contributed by atoms with Crippen LogP contribution in [0, 0.1) is 11.8 Å². The minimum atomic E-state index is -1.64. The van der Waals surface area contributed by atoms with Crippen molar-refractivity contribution in [2.24, 2.45) is 0 Å². The number of amides is 1. The lowest BCUT2D eigenvalue weighted by Crippen LogP contribution is -2.37. The van der Waals surface area contributed by atoms with Crippen LogP contribution in [0.15, 0.2) is 36.7 Å². The summed E-state index contributed by atoms with van der Waals surface area (Å²) in [6.07, 6.45) is 3.35. The second-order valence-electron chi connectivity index (χ2n) is 6.62. The minimum Gasteiger partial charge on any atom is -0.383 e. The third kappa shape index (κ3) is 3.13. The Morgan fingerprint density at radius 3 is 2.89 bits per heavy atom. The second kappa shape index (κ2) is 6.75. The number of hydrogen-bond acceptors (Lipinski definition) is 6. The number of fused-ring (bicyclic) bond motifs is 1. The highest BCUT2D eigenvalue weighted by Crippen LogP contribution is 2.28. The van der Waals surface area contributed by atoms with Gasteiger partial charge in [-0.05, 0) is 12.1 Å². The van der Waals surface area contributed by atoms with E-state index in [1.165, 1.54) is 11.1 Å². The monoisotopic (exact) mass is 393 g/mol. The van der Waals surface area contributed by atoms with Gasteiger partial charge in [-0.2, -0.15) is 0 Å². The van der Waals surface area contributed by atoms with E-state index < -0.39 is 5.60 Å². The summed E-state index contributed by atoms with van der Waals surface area (Å²) in [4.78, 5) is 26.4. The standard InChI is InChI=1S/C20H16ClN5O2/c1-26-8-7-20(28,19(26)27)6-5-12-3-2-4-13(9-12)18-24-15-11-23-10-14(21)16(15)17(22)25-18/h2-4,9-11,28H,7-8H2,1H3,(H2,22,24,25)/t20-/m0/s1. The third-order valence-electron chi connectivity index (χ3n) is 4.63. The fourth-order valence-electron chi connectivity index (χ4n) is 3.08. The van der Waals surface area contributed by atoms with Gasteiger partial charge in [-0.1, -0.05) is 35.6 Å². The highest BCUT2D eigenvalue weighted by Gasteiger charge is 2.42. The number of nitrogens with two attached hydrogens (primary N) is 1. The van der Waals surface area contributed by atoms with Crippen LogP contribution >= 0.6 is 11.6 Å². The molecule has 4 rings (SSSR count). The summed E-state index contributed by atoms with van der Waals surface area (Å²) in [5.74, 6) is 5.87. The van der Waals surface area contributed by atoms with E-state index >= 15 is 0 Å². The Bertz CT molecular complexity index is 1170. The molecule has 1 atom stereocenters. The number of carbonyl (C=O) groups excluding carboxylic acids is 1. The zero-order valence-electron chi connectivity index (χ0n) is 15.0. The van der Waals surface area contributed by atoms with Gasteiger partial charge in [0.15, 0.2) is 5.82 Å². The Hall–Kier alpha value is -3.21. The zero-order valence-corrected chi connectivity index (χ0v) is 15.7. The summed E-state index contributed by atoms with van der Waals surface area (Å²) in [6, 6.07) is 7.18. The summed E-state index contributed by atoms with van der Waals surface area (Å²) < 4.78 is 0. The van der Waals surface area contributed by atoms with Crippen molar-refractivity contribution >= 4 is 34.2 Å². The fourth-order valence-corrected chi connectivity index (χ4v) is 3.33. The lowest BCUT2D eigenvalue weighted by atomic mass is 10.0. The van der Waals surface area contributed by atoms with Gasteiger partial charge in [-0.15, -0.1) is 0 Å². The van der Waals surface area contributed by atoms with Crippen molar-refractivity contribution in [1.82, 2.24) is 19.9 Å². The number of halogens is 1. The summed E-state index contributed by atoms with van der Waals surface area (Å²) in [5.41, 5.74) is 6.28. The number of aromatic nitrogens is 3. The van der Waals surface area contributed by atoms with E-state index in [-0.39, 0.29) is 18.1 Å². The molecule has 0 spiro atoms. The van der Waals surface area contributed by atoms with Crippen LogP contribution in [0.2, 0.25) is 5.02 Å². The summed E-state index contributed by atoms with van der Waals surface area (Å²) in [5, 5.41) is 11.4. The van der Waals surface area contributed by atoms with Crippen LogP contribution < -0.4 is 5.73 Å². The maximum atomic E-state index is 12.0. The predicted octanol–water partition coefficient (Wildman–Crippen LogP) is 1.87. The molecule has 28 heavy (non-hydrogen) atoms. The van der Waals surface area contributed by atoms with E-state index in [0.717, 1.165) is 0 Å². The van der Waals surface area contributed by atoms with E-state index in [1.54, 1.807) is 31.4 Å². The first-order chi connectivity index (χ1) is 13.4. The van der Waals surface area contributed by atoms with Gasteiger partial charge in [0.1, 0.15) is 5.82 Å². The molecule has 0 aliphatic carbocycles. The number of nitrogen functional groups attached to an aromatic ring is 1. The first-order valence-electron chi connectivity index (χ1n) is 8.56. The maximum Gasteiger partial charge on any atom is 0.267 e. The largest absolute Gasteiger partial charge is 0.383 e. The maximum absolute atomic E-state index is 12.0. The molecule has 1 saturated heterocycles. The smallest absolute Gasteiger partial charge is 0.267 e. The first kappa shape index (κ1) is 18.2. The molecule has 0 saturated carbocycles. The number of pyridine rings is 1. The van der Waals surface area contributed by atoms with Gasteiger partial charge < -0.3 is 15.7 Å². The second-order valence-corrected chi connectivity index (χ2v) is 7.02. The minimum absolute atomic E-state index is 0.262. The van der Waals surface area contributed by atoms with E-state index in [1.807, 2.05) is 6.07 Å². The topological polar surface area (TPSA) is 105 Å². The van der Waals surface area contributed by atoms with Crippen molar-refractivity contribution in [3.63, 3.8) is 0 Å². The van der Waals surface area contributed by atoms with Crippen LogP contribution in [-0.4, -0.2) is 50.1 Å². The number of likely N-dealkylation sites (tertiary alicyclic amines) is 1. The average molecular weight is 394 g/mol. The van der Waals surface area contributed by atoms with Crippen molar-refractivity contribution in [3.05, 3.63) is 47.2 Å². The molecule has 3 aromatic rings. The molecule has 3 N–H and O–H groups in total. The van der Waals surface area contributed by atoms with E-state index in [9.17, 15) is 9.90 Å². The summed E-state index contributed by atoms with van der Waals surface area (Å²) in [7, 11) is 1.64. The highest BCUT2D eigenvalue weighted by atomic mass is 35.5. The van der Waals surface area contributed by atoms with Crippen molar-refractivity contribution in [1.29, 1.82) is 0 Å². The van der Waals surface area contributed by atoms with Gasteiger partial charge >= 0.3 is 0 Å². The van der Waals surface area contributed by atoms with Crippen LogP contribution in [-0.2, 0) is 4.79 Å². The highest BCUT2D eigenvalue weighted by molar-refractivity contribution is 6.36. The number of rotatable bonds is 1. The predicted molar refractivity (Wildman–Crippen MR) is 106 cm³/mol. The van der Waals surface area contributed by atoms with Gasteiger partial charge in [-0.3, -0.25) is 9.78 Å². The van der Waals surface area contributed by atoms with Crippen LogP contribution in [0.4, 0.5) is 5.82 Å². The van der Waals surface area contributed by atoms with Crippen molar-refractivity contribution in [3.8, 4) is 23.2 Å². The third-order valence-corrected chi connectivity index (χ3v) is 4.92. The lowest BCUT2D eigenvalue weighted by molar-refractivity contribution is -0.137. The van der Waals surface area contributed by atoms with Crippen LogP contribution in [0.25, 0.3) is 22.3 Å². The molecule has 2 aromatic heterocycles. The molecular weight excluding hydrogens is 378 g/mol. The number of benzene rings is 1. The molecule has 1 aromatic carbocycles. The Kier molecular flexibility index (Phi) is 4.38. The summed E-state index contributed by atoms with van der Waals surface area (Å²) in [6.45, 7) is 0.477. The molecule has 1 fully saturated rings. The van der Waals surface area contributed by atoms with Crippen LogP contribution in [0.3, 0.4) is 0 Å². The number of likely N-dealkylation sites (N-methyl/N-ethyl adjacent to an activating group) is 1. The van der Waals surface area contributed by atoms with E-state index in [0.29, 0.717) is 39.4 Å². The van der Waals surface area contributed by atoms with Gasteiger partial charge in [0.2, 0.25) is 5.60 Å². The SMILES string of the molecule is CN1CC[C@@](O)(C#Cc2cccc(-c3nc(N)c4c(Cl)cncc4n3)c2)C1=O. The number of nitrogens with zero attached hydrogens (tertiary/aromatic N) is 4. The molecule has 3 heterocycles. The van der Waals surface area contributed by atoms with E-state index in [4.69, 9.17) is 17.3 Å². The zero-order chi connectivity index (χ0) is 19.9. The van der Waals surface area contributed by atoms with Crippen molar-refractivity contribution in [2.45, 2.75) is 12.0 Å². The number of hydrogen-bond donors (Lipinski definition) is 2. The summed E-state index contributed by atoms with van der Waals surface area (Å²) >= 11 is 6.13. The molecule has 8 heteroatoms. The Morgan fingerprint density at radius 2 is 2.14 bits per heavy atom. The van der Waals surface area contributed by atoms with Gasteiger partial charge in [0, 0.05) is 37.3 Å². The molecule has 1 aliphatic heterocycles. The fraction of sp³-hybridized carbons (Fsp3) is 0.200. The molecule has 140 valence electrons. The van der Waals surface area contributed by atoms with Gasteiger partial charge in [0.25, 0.3) is 5.91 Å². The lowest BCUT2D eigenvalue weighted by Gasteiger charge is -2.13. The first-order valence-corrected chi connectivity index (χ1v) is 8.93. The van der Waals surface area contributed by atoms with Crippen molar-refractivity contribution in [2.75, 3.05) is 19.3 Å². The molecule has 1 amide bonds. The Balaban J connectivity index is 1.72. The van der Waals surface area contributed by atoms with Gasteiger partial charge in [0.05, 0.1) is 22.1 Å². The van der Waals surface area contributed by atoms with Crippen molar-refractivity contribution < 1.29 is 9.90 Å². The normalized spacial score (nSPS) is 19.0. The number of anilines is 1. The quantitative estimate of drug-likeness (QED) is 0.611. The average Bonchev–Trinajstić information content (AvgIpc) is 2.94. The number of carbonyl (C=O) groups is 1.